The first-order valence-corrected chi connectivity index (χ1v) is 11.8. The van der Waals surface area contributed by atoms with Crippen LogP contribution < -0.4 is 5.73 Å². The Balaban J connectivity index is 1.89. The van der Waals surface area contributed by atoms with Crippen LogP contribution in [0, 0.1) is 5.92 Å². The van der Waals surface area contributed by atoms with Crippen LogP contribution in [0.4, 0.5) is 0 Å². The number of hydrogen-bond donors (Lipinski definition) is 6. The van der Waals surface area contributed by atoms with Crippen molar-refractivity contribution in [3.8, 4) is 0 Å². The maximum atomic E-state index is 12.3. The maximum absolute atomic E-state index is 12.3. The Hall–Kier alpha value is -2.87. The Morgan fingerprint density at radius 3 is 2.27 bits per heavy atom. The lowest BCUT2D eigenvalue weighted by molar-refractivity contribution is -0.377. The van der Waals surface area contributed by atoms with Crippen LogP contribution in [0.2, 0.25) is 0 Å². The van der Waals surface area contributed by atoms with Crippen LogP contribution in [0.1, 0.15) is 32.3 Å². The Kier molecular flexibility index (Phi) is 8.13. The normalized spacial score (nSPS) is 34.4. The molecule has 1 aromatic rings. The van der Waals surface area contributed by atoms with E-state index in [1.54, 1.807) is 0 Å². The summed E-state index contributed by atoms with van der Waals surface area (Å²) in [5, 5.41) is 52.1. The standard InChI is InChI=1S/C25H33NO11/c1-13(18(35-15(3)27)14(2)11-16-7-5-4-6-8-16)9-10-23-19(28)20(29)25(37-23,22(32)33)24(34,21(30)31)17(12-26)36-23/h4-8,14,17-20,28-29,34H,1,9-12,26H2,2-3H3,(H,30,31)(H,32,33)/t14-,17-,18-,19-,20-,23+,24-,25+/m1/s1. The fraction of sp³-hybridized carbons (Fsp3) is 0.560. The van der Waals surface area contributed by atoms with Crippen molar-refractivity contribution in [3.63, 3.8) is 0 Å². The highest BCUT2D eigenvalue weighted by molar-refractivity contribution is 5.93. The first-order valence-electron chi connectivity index (χ1n) is 11.8. The van der Waals surface area contributed by atoms with E-state index in [2.05, 4.69) is 6.58 Å². The number of esters is 1. The van der Waals surface area contributed by atoms with Gasteiger partial charge in [0.1, 0.15) is 24.4 Å². The molecule has 2 heterocycles. The van der Waals surface area contributed by atoms with E-state index in [9.17, 15) is 39.9 Å². The average Bonchev–Trinajstić information content (AvgIpc) is 3.04. The fourth-order valence-corrected chi connectivity index (χ4v) is 5.28. The van der Waals surface area contributed by atoms with Crippen LogP contribution in [0.15, 0.2) is 42.5 Å². The molecule has 204 valence electrons. The number of carboxylic acid groups (broad SMARTS) is 2. The molecule has 0 spiro atoms. The van der Waals surface area contributed by atoms with Gasteiger partial charge in [-0.3, -0.25) is 4.79 Å². The van der Waals surface area contributed by atoms with E-state index in [-0.39, 0.29) is 18.8 Å². The number of fused-ring (bicyclic) bond motifs is 2. The predicted molar refractivity (Wildman–Crippen MR) is 126 cm³/mol. The molecule has 0 unspecified atom stereocenters. The molecule has 0 radical (unpaired) electrons. The second kappa shape index (κ2) is 10.5. The monoisotopic (exact) mass is 523 g/mol. The molecule has 2 saturated heterocycles. The molecular formula is C25H33NO11. The van der Waals surface area contributed by atoms with Crippen LogP contribution in [0.3, 0.4) is 0 Å². The zero-order valence-electron chi connectivity index (χ0n) is 20.6. The third kappa shape index (κ3) is 4.65. The number of nitrogens with two attached hydrogens (primary N) is 1. The summed E-state index contributed by atoms with van der Waals surface area (Å²) in [5.74, 6) is -7.08. The molecule has 0 saturated carbocycles. The highest BCUT2D eigenvalue weighted by atomic mass is 16.8. The highest BCUT2D eigenvalue weighted by Gasteiger charge is 2.83. The second-order valence-corrected chi connectivity index (χ2v) is 9.61. The molecule has 2 bridgehead atoms. The third-order valence-electron chi connectivity index (χ3n) is 7.14. The second-order valence-electron chi connectivity index (χ2n) is 9.61. The van der Waals surface area contributed by atoms with Gasteiger partial charge < -0.3 is 45.5 Å². The maximum Gasteiger partial charge on any atom is 0.342 e. The molecule has 0 aliphatic carbocycles. The van der Waals surface area contributed by atoms with Gasteiger partial charge in [-0.15, -0.1) is 0 Å². The van der Waals surface area contributed by atoms with Crippen molar-refractivity contribution in [1.29, 1.82) is 0 Å². The van der Waals surface area contributed by atoms with Crippen molar-refractivity contribution in [1.82, 2.24) is 0 Å². The molecule has 12 nitrogen and oxygen atoms in total. The van der Waals surface area contributed by atoms with Crippen molar-refractivity contribution >= 4 is 17.9 Å². The van der Waals surface area contributed by atoms with Gasteiger partial charge in [0, 0.05) is 25.8 Å². The first kappa shape index (κ1) is 28.7. The van der Waals surface area contributed by atoms with E-state index in [0.29, 0.717) is 12.0 Å². The molecule has 7 N–H and O–H groups in total. The number of benzene rings is 1. The number of carbonyl (C=O) groups excluding carboxylic acids is 1. The van der Waals surface area contributed by atoms with Gasteiger partial charge in [-0.05, 0) is 24.0 Å². The number of aliphatic carboxylic acids is 2. The number of rotatable bonds is 11. The fourth-order valence-electron chi connectivity index (χ4n) is 5.28. The smallest absolute Gasteiger partial charge is 0.342 e. The van der Waals surface area contributed by atoms with Gasteiger partial charge in [-0.25, -0.2) is 9.59 Å². The molecule has 12 heteroatoms. The van der Waals surface area contributed by atoms with E-state index in [1.165, 1.54) is 6.92 Å². The molecular weight excluding hydrogens is 490 g/mol. The van der Waals surface area contributed by atoms with Crippen molar-refractivity contribution < 1.29 is 54.1 Å². The van der Waals surface area contributed by atoms with Gasteiger partial charge >= 0.3 is 17.9 Å². The predicted octanol–water partition coefficient (Wildman–Crippen LogP) is -0.422. The van der Waals surface area contributed by atoms with Crippen LogP contribution in [0.25, 0.3) is 0 Å². The lowest BCUT2D eigenvalue weighted by atomic mass is 9.74. The summed E-state index contributed by atoms with van der Waals surface area (Å²) < 4.78 is 16.6. The van der Waals surface area contributed by atoms with Gasteiger partial charge in [0.05, 0.1) is 0 Å². The Labute approximate surface area is 213 Å². The third-order valence-corrected chi connectivity index (χ3v) is 7.14. The molecule has 37 heavy (non-hydrogen) atoms. The summed E-state index contributed by atoms with van der Waals surface area (Å²) in [7, 11) is 0. The van der Waals surface area contributed by atoms with Gasteiger partial charge in [0.15, 0.2) is 5.79 Å². The van der Waals surface area contributed by atoms with Gasteiger partial charge in [-0.1, -0.05) is 43.8 Å². The largest absolute Gasteiger partial charge is 0.479 e. The van der Waals surface area contributed by atoms with E-state index in [1.807, 2.05) is 37.3 Å². The molecule has 0 amide bonds. The van der Waals surface area contributed by atoms with Crippen molar-refractivity contribution in [3.05, 3.63) is 48.0 Å². The molecule has 2 aliphatic rings. The minimum atomic E-state index is -3.31. The van der Waals surface area contributed by atoms with Crippen LogP contribution >= 0.6 is 0 Å². The van der Waals surface area contributed by atoms with E-state index in [4.69, 9.17) is 19.9 Å². The first-order chi connectivity index (χ1) is 17.3. The minimum absolute atomic E-state index is 0.0423. The summed E-state index contributed by atoms with van der Waals surface area (Å²) in [5.41, 5.74) is 0.520. The molecule has 3 rings (SSSR count). The molecule has 2 aliphatic heterocycles. The van der Waals surface area contributed by atoms with Crippen LogP contribution in [-0.4, -0.2) is 91.4 Å². The van der Waals surface area contributed by atoms with E-state index < -0.39 is 65.9 Å². The van der Waals surface area contributed by atoms with Gasteiger partial charge in [-0.2, -0.15) is 0 Å². The van der Waals surface area contributed by atoms with Crippen LogP contribution in [-0.2, 0) is 35.0 Å². The van der Waals surface area contributed by atoms with E-state index in [0.717, 1.165) is 5.56 Å². The SMILES string of the molecule is C=C(CC[C@]12O[C@H](CN)[C@@](O)(C(=O)O)[C@](C(=O)O)(O1)[C@H](O)[C@H]2O)[C@@H](OC(C)=O)[C@H](C)Cc1ccccc1. The molecule has 1 aromatic carbocycles. The molecule has 2 fully saturated rings. The topological polar surface area (TPSA) is 206 Å². The molecule has 8 atom stereocenters. The average molecular weight is 524 g/mol. The Morgan fingerprint density at radius 1 is 1.14 bits per heavy atom. The lowest BCUT2D eigenvalue weighted by Gasteiger charge is -2.50. The zero-order valence-corrected chi connectivity index (χ0v) is 20.6. The quantitative estimate of drug-likeness (QED) is 0.161. The van der Waals surface area contributed by atoms with Crippen molar-refractivity contribution in [2.45, 2.75) is 74.5 Å². The van der Waals surface area contributed by atoms with E-state index >= 15 is 0 Å². The number of carbonyl (C=O) groups is 3. The number of carboxylic acids is 2. The Morgan fingerprint density at radius 2 is 1.76 bits per heavy atom. The summed E-state index contributed by atoms with van der Waals surface area (Å²) in [6.45, 7) is 6.46. The van der Waals surface area contributed by atoms with Crippen molar-refractivity contribution in [2.75, 3.05) is 6.54 Å². The summed E-state index contributed by atoms with van der Waals surface area (Å²) in [4.78, 5) is 36.1. The van der Waals surface area contributed by atoms with Gasteiger partial charge in [0.2, 0.25) is 11.2 Å². The number of hydrogen-bond acceptors (Lipinski definition) is 10. The summed E-state index contributed by atoms with van der Waals surface area (Å²) >= 11 is 0. The van der Waals surface area contributed by atoms with Crippen molar-refractivity contribution in [2.24, 2.45) is 11.7 Å². The number of ether oxygens (including phenoxy) is 3. The zero-order chi connectivity index (χ0) is 27.8. The lowest BCUT2D eigenvalue weighted by Crippen LogP contribution is -2.77. The summed E-state index contributed by atoms with van der Waals surface area (Å²) in [6, 6.07) is 9.47. The van der Waals surface area contributed by atoms with Crippen LogP contribution in [0.5, 0.6) is 0 Å². The van der Waals surface area contributed by atoms with Gasteiger partial charge in [0.25, 0.3) is 0 Å². The highest BCUT2D eigenvalue weighted by Crippen LogP contribution is 2.54. The number of aliphatic hydroxyl groups excluding tert-OH is 2. The minimum Gasteiger partial charge on any atom is -0.479 e. The summed E-state index contributed by atoms with van der Waals surface area (Å²) in [6.07, 6.45) is -6.88. The molecule has 0 aromatic heterocycles. The Bertz CT molecular complexity index is 1050. The number of aliphatic hydroxyl groups is 3.